The molecule has 0 saturated carbocycles. The molecule has 0 unspecified atom stereocenters. The molecule has 0 aliphatic carbocycles. The van der Waals surface area contributed by atoms with Gasteiger partial charge in [-0.3, -0.25) is 4.79 Å². The van der Waals surface area contributed by atoms with E-state index in [1.54, 1.807) is 7.05 Å². The largest absolute Gasteiger partial charge is 0.358 e. The van der Waals surface area contributed by atoms with Crippen LogP contribution in [0, 0.1) is 0 Å². The fourth-order valence-electron chi connectivity index (χ4n) is 1.38. The van der Waals surface area contributed by atoms with Crippen LogP contribution in [0.5, 0.6) is 0 Å². The molecular weight excluding hydrogens is 284 g/mol. The molecule has 0 radical (unpaired) electrons. The molecule has 17 heavy (non-hydrogen) atoms. The van der Waals surface area contributed by atoms with Gasteiger partial charge in [0.2, 0.25) is 5.91 Å². The van der Waals surface area contributed by atoms with E-state index in [-0.39, 0.29) is 5.91 Å². The number of nitrogens with zero attached hydrogens (tertiary/aromatic N) is 3. The number of hydrogen-bond acceptors (Lipinski definition) is 4. The van der Waals surface area contributed by atoms with E-state index < -0.39 is 0 Å². The van der Waals surface area contributed by atoms with Crippen LogP contribution < -0.4 is 10.2 Å². The van der Waals surface area contributed by atoms with Crippen molar-refractivity contribution in [2.24, 2.45) is 0 Å². The highest BCUT2D eigenvalue weighted by Crippen LogP contribution is 2.16. The Hall–Kier alpha value is -1.17. The minimum absolute atomic E-state index is 0.0281. The zero-order valence-corrected chi connectivity index (χ0v) is 11.9. The van der Waals surface area contributed by atoms with Gasteiger partial charge >= 0.3 is 0 Å². The Balaban J connectivity index is 2.94. The maximum absolute atomic E-state index is 11.4. The van der Waals surface area contributed by atoms with Gasteiger partial charge in [0.1, 0.15) is 16.2 Å². The van der Waals surface area contributed by atoms with Crippen molar-refractivity contribution in [2.45, 2.75) is 20.3 Å². The fraction of sp³-hybridized carbons (Fsp3) is 0.545. The first-order valence-corrected chi connectivity index (χ1v) is 6.39. The highest BCUT2D eigenvalue weighted by atomic mass is 79.9. The average molecular weight is 301 g/mol. The van der Waals surface area contributed by atoms with Gasteiger partial charge in [0, 0.05) is 26.1 Å². The molecule has 1 heterocycles. The van der Waals surface area contributed by atoms with Gasteiger partial charge in [-0.05, 0) is 22.9 Å². The number of halogens is 1. The number of hydrogen-bond donors (Lipinski definition) is 1. The SMILES string of the molecule is CCc1nc(Br)cc(N(CC)CC(=O)NC)n1. The zero-order valence-electron chi connectivity index (χ0n) is 10.3. The topological polar surface area (TPSA) is 58.1 Å². The number of likely N-dealkylation sites (N-methyl/N-ethyl adjacent to an activating group) is 2. The number of aryl methyl sites for hydroxylation is 1. The Bertz CT molecular complexity index is 397. The number of carbonyl (C=O) groups is 1. The van der Waals surface area contributed by atoms with E-state index in [9.17, 15) is 4.79 Å². The molecule has 6 heteroatoms. The number of aromatic nitrogens is 2. The lowest BCUT2D eigenvalue weighted by Crippen LogP contribution is -2.36. The summed E-state index contributed by atoms with van der Waals surface area (Å²) in [6, 6.07) is 1.82. The van der Waals surface area contributed by atoms with Gasteiger partial charge < -0.3 is 10.2 Å². The average Bonchev–Trinajstić information content (AvgIpc) is 2.34. The molecule has 1 aromatic rings. The first kappa shape index (κ1) is 13.9. The quantitative estimate of drug-likeness (QED) is 0.835. The maximum atomic E-state index is 11.4. The van der Waals surface area contributed by atoms with Crippen molar-refractivity contribution in [2.75, 3.05) is 25.0 Å². The van der Waals surface area contributed by atoms with Crippen molar-refractivity contribution in [1.82, 2.24) is 15.3 Å². The summed E-state index contributed by atoms with van der Waals surface area (Å²) in [6.45, 7) is 5.02. The smallest absolute Gasteiger partial charge is 0.239 e. The number of carbonyl (C=O) groups excluding carboxylic acids is 1. The second-order valence-corrected chi connectivity index (χ2v) is 4.32. The van der Waals surface area contributed by atoms with E-state index >= 15 is 0 Å². The maximum Gasteiger partial charge on any atom is 0.239 e. The Morgan fingerprint density at radius 3 is 2.71 bits per heavy atom. The predicted molar refractivity (Wildman–Crippen MR) is 71.1 cm³/mol. The molecule has 0 atom stereocenters. The van der Waals surface area contributed by atoms with Crippen molar-refractivity contribution in [3.63, 3.8) is 0 Å². The van der Waals surface area contributed by atoms with Crippen LogP contribution in [0.4, 0.5) is 5.82 Å². The van der Waals surface area contributed by atoms with Crippen molar-refractivity contribution in [3.8, 4) is 0 Å². The summed E-state index contributed by atoms with van der Waals surface area (Å²) < 4.78 is 0.745. The number of amides is 1. The lowest BCUT2D eigenvalue weighted by molar-refractivity contribution is -0.119. The minimum atomic E-state index is -0.0281. The monoisotopic (exact) mass is 300 g/mol. The first-order chi connectivity index (χ1) is 8.10. The van der Waals surface area contributed by atoms with Crippen LogP contribution in [0.25, 0.3) is 0 Å². The number of nitrogens with one attached hydrogen (secondary N) is 1. The van der Waals surface area contributed by atoms with Crippen molar-refractivity contribution in [1.29, 1.82) is 0 Å². The minimum Gasteiger partial charge on any atom is -0.358 e. The van der Waals surface area contributed by atoms with Crippen LogP contribution >= 0.6 is 15.9 Å². The highest BCUT2D eigenvalue weighted by molar-refractivity contribution is 9.10. The van der Waals surface area contributed by atoms with E-state index in [2.05, 4.69) is 31.2 Å². The Labute approximate surface area is 110 Å². The van der Waals surface area contributed by atoms with Gasteiger partial charge in [-0.2, -0.15) is 0 Å². The van der Waals surface area contributed by atoms with E-state index in [4.69, 9.17) is 0 Å². The third kappa shape index (κ3) is 3.96. The molecule has 1 rings (SSSR count). The summed E-state index contributed by atoms with van der Waals surface area (Å²) in [7, 11) is 1.63. The third-order valence-electron chi connectivity index (χ3n) is 2.36. The molecule has 0 saturated heterocycles. The molecule has 94 valence electrons. The van der Waals surface area contributed by atoms with Gasteiger partial charge in [-0.25, -0.2) is 9.97 Å². The van der Waals surface area contributed by atoms with Crippen LogP contribution in [0.15, 0.2) is 10.7 Å². The van der Waals surface area contributed by atoms with Gasteiger partial charge in [0.25, 0.3) is 0 Å². The van der Waals surface area contributed by atoms with Crippen molar-refractivity contribution < 1.29 is 4.79 Å². The number of rotatable bonds is 5. The second kappa shape index (κ2) is 6.54. The van der Waals surface area contributed by atoms with Crippen LogP contribution in [0.1, 0.15) is 19.7 Å². The Morgan fingerprint density at radius 1 is 1.47 bits per heavy atom. The van der Waals surface area contributed by atoms with Crippen LogP contribution in [-0.2, 0) is 11.2 Å². The fourth-order valence-corrected chi connectivity index (χ4v) is 1.79. The molecule has 0 fully saturated rings. The standard InChI is InChI=1S/C11H17BrN4O/c1-4-9-14-8(12)6-10(15-9)16(5-2)7-11(17)13-3/h6H,4-5,7H2,1-3H3,(H,13,17). The second-order valence-electron chi connectivity index (χ2n) is 3.51. The third-order valence-corrected chi connectivity index (χ3v) is 2.77. The van der Waals surface area contributed by atoms with E-state index in [0.29, 0.717) is 6.54 Å². The summed E-state index contributed by atoms with van der Waals surface area (Å²) >= 11 is 3.36. The molecule has 1 aromatic heterocycles. The number of anilines is 1. The van der Waals surface area contributed by atoms with Crippen LogP contribution in [0.3, 0.4) is 0 Å². The molecule has 0 spiro atoms. The first-order valence-electron chi connectivity index (χ1n) is 5.59. The molecule has 0 aromatic carbocycles. The molecule has 0 aliphatic rings. The highest BCUT2D eigenvalue weighted by Gasteiger charge is 2.12. The zero-order chi connectivity index (χ0) is 12.8. The van der Waals surface area contributed by atoms with E-state index in [0.717, 1.165) is 29.2 Å². The molecule has 0 bridgehead atoms. The normalized spacial score (nSPS) is 10.1. The van der Waals surface area contributed by atoms with Gasteiger partial charge in [-0.1, -0.05) is 6.92 Å². The lowest BCUT2D eigenvalue weighted by Gasteiger charge is -2.21. The van der Waals surface area contributed by atoms with Gasteiger partial charge in [-0.15, -0.1) is 0 Å². The summed E-state index contributed by atoms with van der Waals surface area (Å²) in [5, 5.41) is 2.61. The van der Waals surface area contributed by atoms with Gasteiger partial charge in [0.05, 0.1) is 6.54 Å². The van der Waals surface area contributed by atoms with Crippen molar-refractivity contribution in [3.05, 3.63) is 16.5 Å². The molecule has 1 N–H and O–H groups in total. The van der Waals surface area contributed by atoms with Crippen LogP contribution in [0.2, 0.25) is 0 Å². The van der Waals surface area contributed by atoms with E-state index in [1.807, 2.05) is 24.8 Å². The molecule has 0 aliphatic heterocycles. The molecule has 1 amide bonds. The molecular formula is C11H17BrN4O. The van der Waals surface area contributed by atoms with E-state index in [1.165, 1.54) is 0 Å². The summed E-state index contributed by atoms with van der Waals surface area (Å²) in [5.41, 5.74) is 0. The van der Waals surface area contributed by atoms with Crippen molar-refractivity contribution >= 4 is 27.7 Å². The lowest BCUT2D eigenvalue weighted by atomic mass is 10.4. The van der Waals surface area contributed by atoms with Gasteiger partial charge in [0.15, 0.2) is 0 Å². The summed E-state index contributed by atoms with van der Waals surface area (Å²) in [4.78, 5) is 22.0. The summed E-state index contributed by atoms with van der Waals surface area (Å²) in [6.07, 6.45) is 0.768. The van der Waals surface area contributed by atoms with Crippen LogP contribution in [-0.4, -0.2) is 36.0 Å². The molecule has 5 nitrogen and oxygen atoms in total. The predicted octanol–water partition coefficient (Wildman–Crippen LogP) is 1.37. The summed E-state index contributed by atoms with van der Waals surface area (Å²) in [5.74, 6) is 1.51. The Kier molecular flexibility index (Phi) is 5.34. The Morgan fingerprint density at radius 2 is 2.18 bits per heavy atom.